The van der Waals surface area contributed by atoms with Gasteiger partial charge in [-0.05, 0) is 36.6 Å². The molecule has 18 heavy (non-hydrogen) atoms. The average Bonchev–Trinajstić information content (AvgIpc) is 3.11. The normalized spacial score (nSPS) is 14.5. The van der Waals surface area contributed by atoms with E-state index < -0.39 is 11.8 Å². The molecule has 5 heteroatoms. The Labute approximate surface area is 104 Å². The second-order valence-corrected chi connectivity index (χ2v) is 4.44. The SMILES string of the molecule is N#Cc1ccc(F)cc1CN(CC(=O)O)C1CC1. The van der Waals surface area contributed by atoms with Gasteiger partial charge >= 0.3 is 5.97 Å². The highest BCUT2D eigenvalue weighted by Gasteiger charge is 2.30. The van der Waals surface area contributed by atoms with Crippen LogP contribution in [0.15, 0.2) is 18.2 Å². The van der Waals surface area contributed by atoms with Gasteiger partial charge in [0.1, 0.15) is 5.82 Å². The average molecular weight is 248 g/mol. The van der Waals surface area contributed by atoms with E-state index in [1.54, 1.807) is 4.90 Å². The van der Waals surface area contributed by atoms with E-state index in [9.17, 15) is 9.18 Å². The van der Waals surface area contributed by atoms with Gasteiger partial charge in [0.25, 0.3) is 0 Å². The van der Waals surface area contributed by atoms with Crippen molar-refractivity contribution in [2.45, 2.75) is 25.4 Å². The fourth-order valence-corrected chi connectivity index (χ4v) is 1.95. The molecule has 1 aliphatic rings. The summed E-state index contributed by atoms with van der Waals surface area (Å²) in [4.78, 5) is 12.5. The predicted molar refractivity (Wildman–Crippen MR) is 62.2 cm³/mol. The number of nitriles is 1. The van der Waals surface area contributed by atoms with Crippen molar-refractivity contribution in [3.8, 4) is 6.07 Å². The van der Waals surface area contributed by atoms with Crippen LogP contribution in [0.25, 0.3) is 0 Å². The number of carbonyl (C=O) groups is 1. The zero-order valence-electron chi connectivity index (χ0n) is 9.77. The quantitative estimate of drug-likeness (QED) is 0.862. The molecule has 1 aromatic rings. The smallest absolute Gasteiger partial charge is 0.317 e. The molecule has 0 amide bonds. The van der Waals surface area contributed by atoms with Crippen molar-refractivity contribution < 1.29 is 14.3 Å². The van der Waals surface area contributed by atoms with Crippen molar-refractivity contribution in [2.24, 2.45) is 0 Å². The molecule has 1 aliphatic carbocycles. The van der Waals surface area contributed by atoms with Crippen LogP contribution in [-0.2, 0) is 11.3 Å². The molecule has 0 aromatic heterocycles. The highest BCUT2D eigenvalue weighted by molar-refractivity contribution is 5.69. The predicted octanol–water partition coefficient (Wildman–Crippen LogP) is 1.75. The lowest BCUT2D eigenvalue weighted by atomic mass is 10.1. The van der Waals surface area contributed by atoms with E-state index >= 15 is 0 Å². The molecule has 0 bridgehead atoms. The van der Waals surface area contributed by atoms with Gasteiger partial charge in [0.05, 0.1) is 18.2 Å². The first-order valence-corrected chi connectivity index (χ1v) is 5.74. The topological polar surface area (TPSA) is 64.3 Å². The standard InChI is InChI=1S/C13H13FN2O2/c14-11-2-1-9(6-15)10(5-11)7-16(8-13(17)18)12-3-4-12/h1-2,5,12H,3-4,7-8H2,(H,17,18). The lowest BCUT2D eigenvalue weighted by Gasteiger charge is -2.20. The monoisotopic (exact) mass is 248 g/mol. The van der Waals surface area contributed by atoms with Gasteiger partial charge in [-0.3, -0.25) is 9.69 Å². The molecule has 4 nitrogen and oxygen atoms in total. The molecule has 0 unspecified atom stereocenters. The lowest BCUT2D eigenvalue weighted by molar-refractivity contribution is -0.138. The molecular weight excluding hydrogens is 235 g/mol. The van der Waals surface area contributed by atoms with Crippen LogP contribution in [-0.4, -0.2) is 28.6 Å². The summed E-state index contributed by atoms with van der Waals surface area (Å²) < 4.78 is 13.2. The highest BCUT2D eigenvalue weighted by atomic mass is 19.1. The summed E-state index contributed by atoms with van der Waals surface area (Å²) in [5.41, 5.74) is 0.943. The van der Waals surface area contributed by atoms with Crippen LogP contribution >= 0.6 is 0 Å². The van der Waals surface area contributed by atoms with Gasteiger partial charge in [0.15, 0.2) is 0 Å². The minimum absolute atomic E-state index is 0.0773. The molecule has 1 aromatic carbocycles. The molecule has 94 valence electrons. The van der Waals surface area contributed by atoms with Crippen molar-refractivity contribution in [2.75, 3.05) is 6.54 Å². The minimum atomic E-state index is -0.906. The van der Waals surface area contributed by atoms with Crippen LogP contribution in [0.2, 0.25) is 0 Å². The lowest BCUT2D eigenvalue weighted by Crippen LogP contribution is -2.31. The summed E-state index contributed by atoms with van der Waals surface area (Å²) in [7, 11) is 0. The van der Waals surface area contributed by atoms with E-state index in [1.165, 1.54) is 18.2 Å². The largest absolute Gasteiger partial charge is 0.480 e. The van der Waals surface area contributed by atoms with Gasteiger partial charge in [0.2, 0.25) is 0 Å². The van der Waals surface area contributed by atoms with Crippen LogP contribution in [0.3, 0.4) is 0 Å². The molecule has 1 N–H and O–H groups in total. The Morgan fingerprint density at radius 1 is 1.56 bits per heavy atom. The molecule has 0 atom stereocenters. The van der Waals surface area contributed by atoms with Crippen molar-refractivity contribution in [3.63, 3.8) is 0 Å². The van der Waals surface area contributed by atoms with Crippen molar-refractivity contribution in [3.05, 3.63) is 35.1 Å². The van der Waals surface area contributed by atoms with Gasteiger partial charge in [-0.25, -0.2) is 4.39 Å². The first-order valence-electron chi connectivity index (χ1n) is 5.74. The van der Waals surface area contributed by atoms with E-state index in [2.05, 4.69) is 0 Å². The van der Waals surface area contributed by atoms with E-state index in [-0.39, 0.29) is 12.6 Å². The van der Waals surface area contributed by atoms with Gasteiger partial charge in [-0.1, -0.05) is 0 Å². The Kier molecular flexibility index (Phi) is 3.58. The molecule has 1 fully saturated rings. The molecule has 1 saturated carbocycles. The van der Waals surface area contributed by atoms with Crippen molar-refractivity contribution in [1.82, 2.24) is 4.90 Å². The fraction of sp³-hybridized carbons (Fsp3) is 0.385. The molecular formula is C13H13FN2O2. The maximum atomic E-state index is 13.2. The first-order chi connectivity index (χ1) is 8.60. The maximum Gasteiger partial charge on any atom is 0.317 e. The second kappa shape index (κ2) is 5.15. The van der Waals surface area contributed by atoms with Gasteiger partial charge in [-0.15, -0.1) is 0 Å². The zero-order valence-corrected chi connectivity index (χ0v) is 9.77. The first kappa shape index (κ1) is 12.5. The number of halogens is 1. The third kappa shape index (κ3) is 3.05. The molecule has 0 saturated heterocycles. The zero-order chi connectivity index (χ0) is 13.1. The summed E-state index contributed by atoms with van der Waals surface area (Å²) in [5.74, 6) is -1.31. The fourth-order valence-electron chi connectivity index (χ4n) is 1.95. The Hall–Kier alpha value is -1.93. The van der Waals surface area contributed by atoms with Crippen LogP contribution in [0.4, 0.5) is 4.39 Å². The molecule has 0 spiro atoms. The molecule has 2 rings (SSSR count). The Morgan fingerprint density at radius 2 is 2.28 bits per heavy atom. The number of aliphatic carboxylic acids is 1. The third-order valence-electron chi connectivity index (χ3n) is 2.96. The number of carboxylic acids is 1. The van der Waals surface area contributed by atoms with Crippen molar-refractivity contribution >= 4 is 5.97 Å². The summed E-state index contributed by atoms with van der Waals surface area (Å²) in [6.45, 7) is 0.226. The van der Waals surface area contributed by atoms with Crippen LogP contribution in [0, 0.1) is 17.1 Å². The number of benzene rings is 1. The highest BCUT2D eigenvalue weighted by Crippen LogP contribution is 2.28. The molecule has 0 heterocycles. The van der Waals surface area contributed by atoms with Gasteiger partial charge in [-0.2, -0.15) is 5.26 Å². The van der Waals surface area contributed by atoms with Crippen LogP contribution in [0.1, 0.15) is 24.0 Å². The van der Waals surface area contributed by atoms with E-state index in [1.807, 2.05) is 6.07 Å². The number of rotatable bonds is 5. The number of hydrogen-bond acceptors (Lipinski definition) is 3. The van der Waals surface area contributed by atoms with Crippen molar-refractivity contribution in [1.29, 1.82) is 5.26 Å². The van der Waals surface area contributed by atoms with Gasteiger partial charge in [0, 0.05) is 12.6 Å². The summed E-state index contributed by atoms with van der Waals surface area (Å²) in [6, 6.07) is 6.21. The minimum Gasteiger partial charge on any atom is -0.480 e. The third-order valence-corrected chi connectivity index (χ3v) is 2.96. The van der Waals surface area contributed by atoms with E-state index in [0.717, 1.165) is 12.8 Å². The number of hydrogen-bond donors (Lipinski definition) is 1. The van der Waals surface area contributed by atoms with E-state index in [0.29, 0.717) is 17.7 Å². The van der Waals surface area contributed by atoms with E-state index in [4.69, 9.17) is 10.4 Å². The Bertz CT molecular complexity index is 506. The maximum absolute atomic E-state index is 13.2. The number of nitrogens with zero attached hydrogens (tertiary/aromatic N) is 2. The summed E-state index contributed by atoms with van der Waals surface area (Å²) >= 11 is 0. The summed E-state index contributed by atoms with van der Waals surface area (Å²) in [6.07, 6.45) is 1.93. The van der Waals surface area contributed by atoms with Gasteiger partial charge < -0.3 is 5.11 Å². The second-order valence-electron chi connectivity index (χ2n) is 4.44. The Balaban J connectivity index is 2.17. The molecule has 0 radical (unpaired) electrons. The summed E-state index contributed by atoms with van der Waals surface area (Å²) in [5, 5.41) is 17.8. The molecule has 0 aliphatic heterocycles. The Morgan fingerprint density at radius 3 is 2.83 bits per heavy atom. The van der Waals surface area contributed by atoms with Crippen LogP contribution < -0.4 is 0 Å². The van der Waals surface area contributed by atoms with Crippen LogP contribution in [0.5, 0.6) is 0 Å². The number of carboxylic acid groups (broad SMARTS) is 1.